The highest BCUT2D eigenvalue weighted by Crippen LogP contribution is 2.36. The van der Waals surface area contributed by atoms with Crippen LogP contribution in [-0.4, -0.2) is 58.4 Å². The summed E-state index contributed by atoms with van der Waals surface area (Å²) in [6.07, 6.45) is 3.38. The van der Waals surface area contributed by atoms with Crippen molar-refractivity contribution in [3.8, 4) is 0 Å². The van der Waals surface area contributed by atoms with Gasteiger partial charge in [-0.05, 0) is 44.6 Å². The smallest absolute Gasteiger partial charge is 0.265 e. The zero-order chi connectivity index (χ0) is 23.5. The van der Waals surface area contributed by atoms with E-state index in [2.05, 4.69) is 48.0 Å². The third kappa shape index (κ3) is 3.95. The number of hydrogen-bond acceptors (Lipinski definition) is 6. The van der Waals surface area contributed by atoms with Gasteiger partial charge in [-0.3, -0.25) is 4.79 Å². The summed E-state index contributed by atoms with van der Waals surface area (Å²) in [7, 11) is 4.24. The Morgan fingerprint density at radius 2 is 2.03 bits per heavy atom. The van der Waals surface area contributed by atoms with Crippen LogP contribution in [0.5, 0.6) is 0 Å². The number of thiophene rings is 1. The Hall–Kier alpha value is -3.04. The number of aromatic nitrogens is 3. The van der Waals surface area contributed by atoms with Crippen molar-refractivity contribution >= 4 is 44.6 Å². The van der Waals surface area contributed by atoms with Gasteiger partial charge in [-0.15, -0.1) is 11.3 Å². The van der Waals surface area contributed by atoms with Crippen LogP contribution in [0.25, 0.3) is 15.9 Å². The molecule has 0 aromatic carbocycles. The van der Waals surface area contributed by atoms with E-state index in [1.54, 1.807) is 23.7 Å². The molecule has 0 spiro atoms. The number of anilines is 2. The average molecular weight is 467 g/mol. The van der Waals surface area contributed by atoms with Gasteiger partial charge in [0.05, 0.1) is 16.3 Å². The Morgan fingerprint density at radius 1 is 1.24 bits per heavy atom. The maximum absolute atomic E-state index is 14.4. The number of amides is 1. The van der Waals surface area contributed by atoms with Crippen molar-refractivity contribution in [2.24, 2.45) is 5.41 Å². The van der Waals surface area contributed by atoms with E-state index in [9.17, 15) is 9.18 Å². The van der Waals surface area contributed by atoms with Gasteiger partial charge < -0.3 is 19.5 Å². The molecule has 0 radical (unpaired) electrons. The molecule has 0 bridgehead atoms. The minimum Gasteiger partial charge on any atom is -0.354 e. The molecule has 0 aliphatic carbocycles. The topological polar surface area (TPSA) is 65.8 Å². The van der Waals surface area contributed by atoms with Crippen LogP contribution in [0.3, 0.4) is 0 Å². The van der Waals surface area contributed by atoms with Gasteiger partial charge in [-0.1, -0.05) is 13.8 Å². The summed E-state index contributed by atoms with van der Waals surface area (Å²) in [5.41, 5.74) is 1.49. The fourth-order valence-electron chi connectivity index (χ4n) is 4.79. The molecule has 5 rings (SSSR count). The molecular formula is C24H27FN6OS. The molecule has 33 heavy (non-hydrogen) atoms. The van der Waals surface area contributed by atoms with Gasteiger partial charge in [0.1, 0.15) is 10.6 Å². The van der Waals surface area contributed by atoms with Gasteiger partial charge in [-0.25, -0.2) is 14.4 Å². The normalized spacial score (nSPS) is 18.0. The van der Waals surface area contributed by atoms with Crippen LogP contribution < -0.4 is 10.2 Å². The van der Waals surface area contributed by atoms with Crippen LogP contribution >= 0.6 is 11.3 Å². The summed E-state index contributed by atoms with van der Waals surface area (Å²) in [6.45, 7) is 8.21. The van der Waals surface area contributed by atoms with E-state index >= 15 is 0 Å². The maximum atomic E-state index is 14.4. The largest absolute Gasteiger partial charge is 0.354 e. The monoisotopic (exact) mass is 466 g/mol. The zero-order valence-electron chi connectivity index (χ0n) is 19.4. The van der Waals surface area contributed by atoms with Crippen molar-refractivity contribution in [2.45, 2.75) is 26.8 Å². The summed E-state index contributed by atoms with van der Waals surface area (Å²) in [4.78, 5) is 27.8. The first kappa shape index (κ1) is 21.8. The molecule has 1 amide bonds. The van der Waals surface area contributed by atoms with Crippen molar-refractivity contribution in [2.75, 3.05) is 37.4 Å². The van der Waals surface area contributed by atoms with Crippen LogP contribution in [-0.2, 0) is 0 Å². The summed E-state index contributed by atoms with van der Waals surface area (Å²) in [6, 6.07) is 7.60. The lowest BCUT2D eigenvalue weighted by Gasteiger charge is -2.30. The predicted molar refractivity (Wildman–Crippen MR) is 131 cm³/mol. The van der Waals surface area contributed by atoms with Gasteiger partial charge in [-0.2, -0.15) is 0 Å². The quantitative estimate of drug-likeness (QED) is 0.482. The molecule has 9 heteroatoms. The fraction of sp³-hybridized carbons (Fsp3) is 0.375. The lowest BCUT2D eigenvalue weighted by Crippen LogP contribution is -2.39. The molecule has 0 saturated carbocycles. The first-order valence-electron chi connectivity index (χ1n) is 10.9. The number of imidazole rings is 1. The number of likely N-dealkylation sites (N-methyl/N-ethyl adjacent to an activating group) is 1. The average Bonchev–Trinajstić information content (AvgIpc) is 3.41. The highest BCUT2D eigenvalue weighted by Gasteiger charge is 2.41. The van der Waals surface area contributed by atoms with Crippen LogP contribution in [0.1, 0.15) is 29.2 Å². The Bertz CT molecular complexity index is 1370. The molecule has 4 aromatic heterocycles. The minimum absolute atomic E-state index is 0.158. The highest BCUT2D eigenvalue weighted by molar-refractivity contribution is 7.20. The molecule has 1 saturated heterocycles. The highest BCUT2D eigenvalue weighted by atomic mass is 32.1. The van der Waals surface area contributed by atoms with Crippen LogP contribution in [0.4, 0.5) is 15.9 Å². The van der Waals surface area contributed by atoms with E-state index in [0.717, 1.165) is 29.1 Å². The summed E-state index contributed by atoms with van der Waals surface area (Å²) in [5, 5.41) is 3.72. The number of halogens is 1. The molecule has 1 aliphatic rings. The van der Waals surface area contributed by atoms with Crippen molar-refractivity contribution in [3.63, 3.8) is 0 Å². The molecule has 1 fully saturated rings. The van der Waals surface area contributed by atoms with Crippen LogP contribution in [0.15, 0.2) is 36.7 Å². The number of carbonyl (C=O) groups is 1. The van der Waals surface area contributed by atoms with Crippen LogP contribution in [0, 0.1) is 18.2 Å². The van der Waals surface area contributed by atoms with Crippen molar-refractivity contribution < 1.29 is 9.18 Å². The van der Waals surface area contributed by atoms with Gasteiger partial charge in [0.25, 0.3) is 5.91 Å². The molecule has 1 aliphatic heterocycles. The number of rotatable bonds is 4. The van der Waals surface area contributed by atoms with E-state index in [0.29, 0.717) is 22.3 Å². The lowest BCUT2D eigenvalue weighted by molar-refractivity contribution is 0.103. The SMILES string of the molecule is Cc1cn2cc(NC(=O)c3cc4ccc(N5CC(N(C)C)C(C)(C)C5)nc4s3)cc(F)c2n1. The number of nitrogens with zero attached hydrogens (tertiary/aromatic N) is 5. The van der Waals surface area contributed by atoms with E-state index in [4.69, 9.17) is 4.98 Å². The fourth-order valence-corrected chi connectivity index (χ4v) is 5.71. The summed E-state index contributed by atoms with van der Waals surface area (Å²) >= 11 is 1.34. The number of fused-ring (bicyclic) bond motifs is 2. The zero-order valence-corrected chi connectivity index (χ0v) is 20.2. The molecule has 5 heterocycles. The van der Waals surface area contributed by atoms with Gasteiger partial charge in [0.15, 0.2) is 11.5 Å². The molecule has 1 atom stereocenters. The molecular weight excluding hydrogens is 439 g/mol. The summed E-state index contributed by atoms with van der Waals surface area (Å²) in [5.74, 6) is 0.162. The maximum Gasteiger partial charge on any atom is 0.265 e. The third-order valence-corrected chi connectivity index (χ3v) is 7.36. The number of hydrogen-bond donors (Lipinski definition) is 1. The van der Waals surface area contributed by atoms with E-state index in [-0.39, 0.29) is 17.0 Å². The van der Waals surface area contributed by atoms with E-state index in [1.807, 2.05) is 18.2 Å². The molecule has 1 unspecified atom stereocenters. The molecule has 172 valence electrons. The van der Waals surface area contributed by atoms with Gasteiger partial charge in [0, 0.05) is 43.0 Å². The molecule has 4 aromatic rings. The van der Waals surface area contributed by atoms with E-state index in [1.165, 1.54) is 17.4 Å². The number of aryl methyl sites for hydroxylation is 1. The standard InChI is InChI=1S/C24H27FN6OS/c1-14-10-30-11-16(9-17(25)21(30)26-14)27-22(32)18-8-15-6-7-20(28-23(15)33-18)31-12-19(29(4)5)24(2,3)13-31/h6-11,19H,12-13H2,1-5H3,(H,27,32). The van der Waals surface area contributed by atoms with Gasteiger partial charge in [0.2, 0.25) is 0 Å². The Balaban J connectivity index is 1.38. The van der Waals surface area contributed by atoms with Crippen molar-refractivity contribution in [1.29, 1.82) is 0 Å². The third-order valence-electron chi connectivity index (χ3n) is 6.32. The van der Waals surface area contributed by atoms with E-state index < -0.39 is 5.82 Å². The Morgan fingerprint density at radius 3 is 2.76 bits per heavy atom. The van der Waals surface area contributed by atoms with Crippen molar-refractivity contribution in [1.82, 2.24) is 19.3 Å². The number of carbonyl (C=O) groups excluding carboxylic acids is 1. The number of nitrogens with one attached hydrogen (secondary N) is 1. The Labute approximate surface area is 195 Å². The first-order chi connectivity index (χ1) is 15.6. The summed E-state index contributed by atoms with van der Waals surface area (Å²) < 4.78 is 15.9. The van der Waals surface area contributed by atoms with Gasteiger partial charge >= 0.3 is 0 Å². The molecule has 7 nitrogen and oxygen atoms in total. The molecule has 1 N–H and O–H groups in total. The van der Waals surface area contributed by atoms with Crippen molar-refractivity contribution in [3.05, 3.63) is 53.0 Å². The first-order valence-corrected chi connectivity index (χ1v) is 11.7. The second kappa shape index (κ2) is 7.78. The second-order valence-electron chi connectivity index (χ2n) is 9.67. The lowest BCUT2D eigenvalue weighted by atomic mass is 9.87. The number of pyridine rings is 2. The minimum atomic E-state index is -0.479. The second-order valence-corrected chi connectivity index (χ2v) is 10.7. The Kier molecular flexibility index (Phi) is 5.13. The van der Waals surface area contributed by atoms with Crippen LogP contribution in [0.2, 0.25) is 0 Å². The predicted octanol–water partition coefficient (Wildman–Crippen LogP) is 4.42.